The van der Waals surface area contributed by atoms with Gasteiger partial charge in [0.15, 0.2) is 11.3 Å². The zero-order chi connectivity index (χ0) is 51.2. The highest BCUT2D eigenvalue weighted by Gasteiger charge is 2.53. The maximum atomic E-state index is 14.5. The van der Waals surface area contributed by atoms with Gasteiger partial charge in [0, 0.05) is 63.7 Å². The van der Waals surface area contributed by atoms with Crippen molar-refractivity contribution in [1.29, 1.82) is 0 Å². The van der Waals surface area contributed by atoms with Crippen molar-refractivity contribution in [2.75, 3.05) is 40.0 Å². The highest BCUT2D eigenvalue weighted by molar-refractivity contribution is 8.04. The zero-order valence-electron chi connectivity index (χ0n) is 43.1. The molecule has 3 aliphatic heterocycles. The van der Waals surface area contributed by atoms with Crippen molar-refractivity contribution in [2.24, 2.45) is 35.5 Å². The van der Waals surface area contributed by atoms with E-state index in [-0.39, 0.29) is 60.1 Å². The summed E-state index contributed by atoms with van der Waals surface area (Å²) >= 11 is 1.67. The maximum absolute atomic E-state index is 14.5. The lowest BCUT2D eigenvalue weighted by molar-refractivity contribution is -0.265. The van der Waals surface area contributed by atoms with Crippen LogP contribution in [-0.4, -0.2) is 138 Å². The number of aliphatic hydroxyl groups is 2. The molecule has 3 unspecified atom stereocenters. The second-order valence-electron chi connectivity index (χ2n) is 20.5. The first-order chi connectivity index (χ1) is 32.6. The fourth-order valence-corrected chi connectivity index (χ4v) is 12.8. The van der Waals surface area contributed by atoms with Crippen LogP contribution in [0.1, 0.15) is 126 Å². The molecular formula is C53H83NO13PS+. The number of aliphatic hydroxyl groups excluding tert-OH is 1. The van der Waals surface area contributed by atoms with Gasteiger partial charge in [-0.25, -0.2) is 4.79 Å². The van der Waals surface area contributed by atoms with Gasteiger partial charge in [-0.1, -0.05) is 75.6 Å². The van der Waals surface area contributed by atoms with Crippen molar-refractivity contribution in [3.63, 3.8) is 0 Å². The Morgan fingerprint density at radius 3 is 2.29 bits per heavy atom. The minimum Gasteiger partial charge on any atom is -0.460 e. The number of allylic oxidation sites excluding steroid dienone is 6. The van der Waals surface area contributed by atoms with E-state index in [9.17, 15) is 38.8 Å². The van der Waals surface area contributed by atoms with Gasteiger partial charge in [-0.2, -0.15) is 0 Å². The van der Waals surface area contributed by atoms with Crippen LogP contribution in [0.5, 0.6) is 0 Å². The van der Waals surface area contributed by atoms with Crippen LogP contribution in [-0.2, 0) is 52.2 Å². The predicted octanol–water partition coefficient (Wildman–Crippen LogP) is 8.34. The first-order valence-corrected chi connectivity index (χ1v) is 28.1. The number of rotatable bonds is 9. The molecule has 69 heavy (non-hydrogen) atoms. The highest BCUT2D eigenvalue weighted by atomic mass is 32.2. The van der Waals surface area contributed by atoms with Crippen LogP contribution in [0.2, 0.25) is 0 Å². The van der Waals surface area contributed by atoms with Gasteiger partial charge in [0.1, 0.15) is 36.8 Å². The molecule has 0 spiro atoms. The lowest BCUT2D eigenvalue weighted by Gasteiger charge is -2.42. The number of hydrogen-bond donors (Lipinski definition) is 2. The lowest BCUT2D eigenvalue weighted by atomic mass is 9.79. The van der Waals surface area contributed by atoms with Gasteiger partial charge < -0.3 is 38.8 Å². The molecule has 2 bridgehead atoms. The molecule has 2 N–H and O–H groups in total. The Hall–Kier alpha value is -2.88. The van der Waals surface area contributed by atoms with Crippen LogP contribution in [0.3, 0.4) is 0 Å². The number of ether oxygens (including phenoxy) is 5. The average molecular weight is 1010 g/mol. The second kappa shape index (κ2) is 27.8. The Kier molecular flexibility index (Phi) is 23.7. The minimum atomic E-state index is -2.43. The summed E-state index contributed by atoms with van der Waals surface area (Å²) in [5.41, 5.74) is 1.83. The number of piperidine rings is 1. The smallest absolute Gasteiger partial charge is 0.346 e. The zero-order valence-corrected chi connectivity index (χ0v) is 44.8. The summed E-state index contributed by atoms with van der Waals surface area (Å²) in [6, 6.07) is -1.14. The van der Waals surface area contributed by atoms with E-state index in [0.717, 1.165) is 24.8 Å². The molecule has 16 heteroatoms. The van der Waals surface area contributed by atoms with Gasteiger partial charge in [0.2, 0.25) is 5.79 Å². The summed E-state index contributed by atoms with van der Waals surface area (Å²) in [6.45, 7) is 14.6. The standard InChI is InChI=1S/C53H83NO13PS/c1-32-17-13-12-14-18-33(2)43(63-8)29-40-22-20-38(7)53(61,67-40)50(58)51(59)54-24-16-15-19-41(54)52(60)66-44(35(4)27-39-21-23-46(45(28-39)64-9)69-31-68(11)62)30-42(55)34(3)26-37(6)48(57)49(65-10)47(56)36(5)25-32/h12-14,17-18,26,32,34-36,38-41,43-46,48-49,57,61H,15-16,19-25,27-31H2,1-11H3/q+1/b14-12+,17-13+,33-18+,37-26+/t32-,34-,35-,36-,38-,39+,40+,41?,43+,44+,45-,46?,48-,49+,53-/m1/s1. The number of Topliss-reactive ketones (excluding diaryl/α,β-unsaturated/α-hetero) is 3. The molecule has 0 radical (unpaired) electrons. The van der Waals surface area contributed by atoms with Crippen LogP contribution in [0, 0.1) is 35.5 Å². The van der Waals surface area contributed by atoms with E-state index < -0.39 is 85.6 Å². The summed E-state index contributed by atoms with van der Waals surface area (Å²) in [5.74, 6) is -7.83. The van der Waals surface area contributed by atoms with Crippen LogP contribution in [0.4, 0.5) is 0 Å². The van der Waals surface area contributed by atoms with Crippen LogP contribution in [0.15, 0.2) is 47.6 Å². The molecule has 0 aromatic rings. The first kappa shape index (κ1) is 58.7. The summed E-state index contributed by atoms with van der Waals surface area (Å²) in [5, 5.41) is 23.7. The molecular weight excluding hydrogens is 922 g/mol. The predicted molar refractivity (Wildman–Crippen MR) is 269 cm³/mol. The van der Waals surface area contributed by atoms with Crippen molar-refractivity contribution < 1.29 is 62.4 Å². The van der Waals surface area contributed by atoms with Gasteiger partial charge >= 0.3 is 13.8 Å². The maximum Gasteiger partial charge on any atom is 0.346 e. The molecule has 0 aromatic heterocycles. The minimum absolute atomic E-state index is 0.0179. The second-order valence-corrected chi connectivity index (χ2v) is 23.7. The third kappa shape index (κ3) is 16.3. The number of ketones is 3. The molecule has 14 nitrogen and oxygen atoms in total. The molecule has 3 fully saturated rings. The number of cyclic esters (lactones) is 1. The van der Waals surface area contributed by atoms with E-state index in [1.165, 1.54) is 12.0 Å². The summed E-state index contributed by atoms with van der Waals surface area (Å²) in [7, 11) is 3.36. The third-order valence-corrected chi connectivity index (χ3v) is 17.9. The topological polar surface area (TPSA) is 192 Å². The van der Waals surface area contributed by atoms with Crippen molar-refractivity contribution in [2.45, 2.75) is 179 Å². The number of carbonyl (C=O) groups excluding carboxylic acids is 5. The van der Waals surface area contributed by atoms with E-state index in [0.29, 0.717) is 56.0 Å². The number of esters is 1. The SMILES string of the molecule is CO[C@H]1C[C@@H]2CC[C@@H](C)[C@@](O)(O2)C(=O)C(=O)N2CCCCC2C(=O)O[C@H]([C@H](C)C[C@@H]2CCC(SC[P+](C)=O)[C@H](OC)C2)CC(=O)[C@H](C)/C=C(\C)[C@@H](O)[C@@H](OC)C(=O)[C@H](C)C[C@H](C)/C=C/C=C/C=C/1C. The van der Waals surface area contributed by atoms with Gasteiger partial charge in [-0.3, -0.25) is 19.2 Å². The number of carbonyl (C=O) groups is 5. The van der Waals surface area contributed by atoms with Crippen molar-refractivity contribution in [3.8, 4) is 0 Å². The number of nitrogens with zero attached hydrogens (tertiary/aromatic N) is 1. The largest absolute Gasteiger partial charge is 0.460 e. The molecule has 388 valence electrons. The van der Waals surface area contributed by atoms with E-state index in [2.05, 4.69) is 0 Å². The van der Waals surface area contributed by atoms with Crippen LogP contribution in [0.25, 0.3) is 0 Å². The number of methoxy groups -OCH3 is 3. The molecule has 1 amide bonds. The highest BCUT2D eigenvalue weighted by Crippen LogP contribution is 2.41. The van der Waals surface area contributed by atoms with Gasteiger partial charge in [-0.15, -0.1) is 11.8 Å². The van der Waals surface area contributed by atoms with Crippen LogP contribution >= 0.6 is 19.6 Å². The molecule has 0 aromatic carbocycles. The summed E-state index contributed by atoms with van der Waals surface area (Å²) in [4.78, 5) is 72.3. The molecule has 1 aliphatic carbocycles. The Balaban J connectivity index is 1.70. The Bertz CT molecular complexity index is 1900. The number of thioether (sulfide) groups is 1. The van der Waals surface area contributed by atoms with E-state index >= 15 is 0 Å². The van der Waals surface area contributed by atoms with E-state index in [4.69, 9.17) is 23.7 Å². The summed E-state index contributed by atoms with van der Waals surface area (Å²) in [6.07, 6.45) is 12.8. The first-order valence-electron chi connectivity index (χ1n) is 25.1. The van der Waals surface area contributed by atoms with Crippen LogP contribution < -0.4 is 0 Å². The lowest BCUT2D eigenvalue weighted by Crippen LogP contribution is -2.61. The fourth-order valence-electron chi connectivity index (χ4n) is 10.5. The monoisotopic (exact) mass is 1000 g/mol. The molecule has 4 aliphatic rings. The van der Waals surface area contributed by atoms with Crippen molar-refractivity contribution >= 4 is 48.8 Å². The third-order valence-electron chi connectivity index (χ3n) is 14.9. The number of hydrogen-bond acceptors (Lipinski definition) is 14. The number of fused-ring (bicyclic) bond motifs is 3. The molecule has 2 saturated heterocycles. The Morgan fingerprint density at radius 1 is 0.899 bits per heavy atom. The van der Waals surface area contributed by atoms with Gasteiger partial charge in [-0.05, 0) is 107 Å². The molecule has 3 heterocycles. The molecule has 16 atom stereocenters. The van der Waals surface area contributed by atoms with Crippen molar-refractivity contribution in [3.05, 3.63) is 47.6 Å². The van der Waals surface area contributed by atoms with Crippen molar-refractivity contribution in [1.82, 2.24) is 4.90 Å². The average Bonchev–Trinajstić information content (AvgIpc) is 3.32. The van der Waals surface area contributed by atoms with E-state index in [1.54, 1.807) is 59.5 Å². The van der Waals surface area contributed by atoms with Gasteiger partial charge in [0.05, 0.1) is 18.3 Å². The van der Waals surface area contributed by atoms with Gasteiger partial charge in [0.25, 0.3) is 11.7 Å². The van der Waals surface area contributed by atoms with E-state index in [1.807, 2.05) is 58.1 Å². The molecule has 4 rings (SSSR count). The fraction of sp³-hybridized carbons (Fsp3) is 0.755. The Labute approximate surface area is 416 Å². The quantitative estimate of drug-likeness (QED) is 0.0969. The number of amides is 1. The molecule has 1 saturated carbocycles. The summed E-state index contributed by atoms with van der Waals surface area (Å²) < 4.78 is 41.8. The normalized spacial score (nSPS) is 39.0. The Morgan fingerprint density at radius 2 is 1.62 bits per heavy atom.